The first-order valence-electron chi connectivity index (χ1n) is 16.8. The Labute approximate surface area is 280 Å². The Hall–Kier alpha value is -5.88. The van der Waals surface area contributed by atoms with Crippen LogP contribution in [0, 0.1) is 5.92 Å². The van der Waals surface area contributed by atoms with Crippen molar-refractivity contribution in [1.82, 2.24) is 9.97 Å². The summed E-state index contributed by atoms with van der Waals surface area (Å²) < 4.78 is 0. The molecular weight excluding hydrogens is 589 g/mol. The number of benzene rings is 5. The summed E-state index contributed by atoms with van der Waals surface area (Å²) in [6.45, 7) is 4.98. The normalized spacial score (nSPS) is 21.9. The fourth-order valence-electron chi connectivity index (χ4n) is 8.88. The van der Waals surface area contributed by atoms with E-state index in [1.165, 1.54) is 28.3 Å². The van der Waals surface area contributed by atoms with E-state index < -0.39 is 0 Å². The molecule has 0 radical (unpaired) electrons. The zero-order chi connectivity index (χ0) is 31.8. The van der Waals surface area contributed by atoms with Gasteiger partial charge in [-0.3, -0.25) is 0 Å². The molecule has 0 aliphatic carbocycles. The fourth-order valence-corrected chi connectivity index (χ4v) is 8.88. The number of rotatable bonds is 2. The Morgan fingerprint density at radius 1 is 0.500 bits per heavy atom. The molecule has 0 bridgehead atoms. The van der Waals surface area contributed by atoms with Crippen molar-refractivity contribution in [3.05, 3.63) is 164 Å². The molecule has 232 valence electrons. The topological polar surface area (TPSA) is 38.7 Å². The molecule has 0 N–H and O–H groups in total. The summed E-state index contributed by atoms with van der Waals surface area (Å²) >= 11 is 0. The number of hydrogen-bond acceptors (Lipinski definition) is 6. The fraction of sp³-hybridized carbons (Fsp3) is 0.143. The van der Waals surface area contributed by atoms with Gasteiger partial charge in [0.25, 0.3) is 0 Å². The minimum absolute atomic E-state index is 0.0166. The highest BCUT2D eigenvalue weighted by atomic mass is 15.5. The molecular formula is C42H34N6. The summed E-state index contributed by atoms with van der Waals surface area (Å²) in [6, 6.07) is 48.3. The SMILES string of the molecule is C=C1c2ccccc2N2c3nccnc3N(c3ccccc3)C2CCC2C1c1ccccc1N1c3ccccc3N(c3ccccc3)C21. The maximum Gasteiger partial charge on any atom is 0.178 e. The van der Waals surface area contributed by atoms with Gasteiger partial charge in [-0.05, 0) is 72.5 Å². The standard InChI is InChI=1S/C42H34N6/c1-28-31-18-8-10-20-34(31)48-38(46(30-16-6-3-7-17-30)40-41(48)44-27-26-43-40)25-24-33-39(28)32-19-9-11-21-35(32)47-37-23-13-12-22-36(37)45(42(33)47)29-14-4-2-5-15-29/h2-23,26-27,33,38-39,42H,1,24-25H2. The zero-order valence-electron chi connectivity index (χ0n) is 26.5. The second-order valence-corrected chi connectivity index (χ2v) is 13.1. The molecule has 6 aromatic rings. The van der Waals surface area contributed by atoms with E-state index in [4.69, 9.17) is 16.5 Å². The molecule has 4 atom stereocenters. The van der Waals surface area contributed by atoms with Gasteiger partial charge in [-0.2, -0.15) is 0 Å². The smallest absolute Gasteiger partial charge is 0.178 e. The minimum Gasteiger partial charge on any atom is -0.318 e. The van der Waals surface area contributed by atoms with Crippen molar-refractivity contribution in [2.45, 2.75) is 31.1 Å². The average molecular weight is 623 g/mol. The van der Waals surface area contributed by atoms with Gasteiger partial charge in [-0.25, -0.2) is 9.97 Å². The molecule has 6 nitrogen and oxygen atoms in total. The van der Waals surface area contributed by atoms with Crippen LogP contribution in [0.15, 0.2) is 152 Å². The lowest BCUT2D eigenvalue weighted by molar-refractivity contribution is 0.342. The van der Waals surface area contributed by atoms with Crippen LogP contribution >= 0.6 is 0 Å². The number of hydrogen-bond donors (Lipinski definition) is 0. The van der Waals surface area contributed by atoms with Crippen LogP contribution in [0.1, 0.15) is 29.9 Å². The van der Waals surface area contributed by atoms with Crippen LogP contribution in [-0.4, -0.2) is 22.3 Å². The van der Waals surface area contributed by atoms with E-state index in [0.29, 0.717) is 0 Å². The number of aromatic nitrogens is 2. The van der Waals surface area contributed by atoms with Gasteiger partial charge in [0, 0.05) is 46.9 Å². The van der Waals surface area contributed by atoms with Gasteiger partial charge < -0.3 is 19.6 Å². The van der Waals surface area contributed by atoms with Crippen molar-refractivity contribution in [3.8, 4) is 0 Å². The minimum atomic E-state index is -0.0166. The van der Waals surface area contributed by atoms with Gasteiger partial charge in [0.2, 0.25) is 0 Å². The van der Waals surface area contributed by atoms with Crippen LogP contribution in [0.25, 0.3) is 5.57 Å². The van der Waals surface area contributed by atoms with Crippen LogP contribution < -0.4 is 19.6 Å². The van der Waals surface area contributed by atoms with Crippen molar-refractivity contribution in [2.75, 3.05) is 19.6 Å². The molecule has 0 saturated heterocycles. The molecule has 0 amide bonds. The van der Waals surface area contributed by atoms with Gasteiger partial charge in [0.05, 0.1) is 17.1 Å². The van der Waals surface area contributed by atoms with Crippen LogP contribution in [0.4, 0.5) is 45.8 Å². The summed E-state index contributed by atoms with van der Waals surface area (Å²) in [5.74, 6) is 2.10. The largest absolute Gasteiger partial charge is 0.318 e. The predicted octanol–water partition coefficient (Wildman–Crippen LogP) is 9.93. The third-order valence-corrected chi connectivity index (χ3v) is 10.7. The molecule has 1 aromatic heterocycles. The first-order chi connectivity index (χ1) is 23.8. The summed E-state index contributed by atoms with van der Waals surface area (Å²) in [5, 5.41) is 0. The van der Waals surface area contributed by atoms with E-state index >= 15 is 0 Å². The third kappa shape index (κ3) is 3.80. The van der Waals surface area contributed by atoms with Gasteiger partial charge >= 0.3 is 0 Å². The van der Waals surface area contributed by atoms with Gasteiger partial charge in [-0.15, -0.1) is 0 Å². The lowest BCUT2D eigenvalue weighted by Gasteiger charge is -2.48. The molecule has 0 spiro atoms. The van der Waals surface area contributed by atoms with Gasteiger partial charge in [-0.1, -0.05) is 91.5 Å². The van der Waals surface area contributed by atoms with E-state index in [-0.39, 0.29) is 24.2 Å². The Bertz CT molecular complexity index is 2180. The maximum absolute atomic E-state index is 4.98. The monoisotopic (exact) mass is 622 g/mol. The molecule has 5 heterocycles. The Balaban J connectivity index is 1.22. The van der Waals surface area contributed by atoms with Crippen LogP contribution in [0.5, 0.6) is 0 Å². The molecule has 0 saturated carbocycles. The van der Waals surface area contributed by atoms with Crippen LogP contribution in [-0.2, 0) is 0 Å². The predicted molar refractivity (Wildman–Crippen MR) is 195 cm³/mol. The van der Waals surface area contributed by atoms with E-state index in [2.05, 4.69) is 153 Å². The molecule has 5 aromatic carbocycles. The molecule has 4 aliphatic rings. The maximum atomic E-state index is 4.98. The second-order valence-electron chi connectivity index (χ2n) is 13.1. The number of anilines is 8. The quantitative estimate of drug-likeness (QED) is 0.191. The number of para-hydroxylation sites is 6. The van der Waals surface area contributed by atoms with E-state index in [9.17, 15) is 0 Å². The Morgan fingerprint density at radius 2 is 1.04 bits per heavy atom. The van der Waals surface area contributed by atoms with Gasteiger partial charge in [0.15, 0.2) is 11.6 Å². The average Bonchev–Trinajstić information content (AvgIpc) is 3.68. The number of allylic oxidation sites excluding steroid dienone is 1. The van der Waals surface area contributed by atoms with Crippen molar-refractivity contribution in [2.24, 2.45) is 5.92 Å². The van der Waals surface area contributed by atoms with Crippen molar-refractivity contribution >= 4 is 51.3 Å². The highest BCUT2D eigenvalue weighted by Crippen LogP contribution is 2.61. The van der Waals surface area contributed by atoms with E-state index in [1.54, 1.807) is 0 Å². The first kappa shape index (κ1) is 27.3. The van der Waals surface area contributed by atoms with Crippen LogP contribution in [0.3, 0.4) is 0 Å². The Morgan fingerprint density at radius 3 is 1.75 bits per heavy atom. The van der Waals surface area contributed by atoms with Gasteiger partial charge in [0.1, 0.15) is 12.3 Å². The molecule has 4 unspecified atom stereocenters. The highest BCUT2D eigenvalue weighted by molar-refractivity contribution is 5.94. The summed E-state index contributed by atoms with van der Waals surface area (Å²) in [4.78, 5) is 19.9. The molecule has 10 rings (SSSR count). The lowest BCUT2D eigenvalue weighted by Crippen LogP contribution is -2.50. The molecule has 6 heteroatoms. The highest BCUT2D eigenvalue weighted by Gasteiger charge is 2.52. The zero-order valence-corrected chi connectivity index (χ0v) is 26.5. The summed E-state index contributed by atoms with van der Waals surface area (Å²) in [7, 11) is 0. The van der Waals surface area contributed by atoms with E-state index in [0.717, 1.165) is 47.0 Å². The third-order valence-electron chi connectivity index (χ3n) is 10.7. The number of nitrogens with zero attached hydrogens (tertiary/aromatic N) is 6. The lowest BCUT2D eigenvalue weighted by atomic mass is 9.71. The van der Waals surface area contributed by atoms with Crippen molar-refractivity contribution < 1.29 is 0 Å². The second kappa shape index (κ2) is 10.6. The van der Waals surface area contributed by atoms with Crippen molar-refractivity contribution in [3.63, 3.8) is 0 Å². The molecule has 48 heavy (non-hydrogen) atoms. The molecule has 0 fully saturated rings. The Kier molecular flexibility index (Phi) is 6.00. The molecule has 4 aliphatic heterocycles. The van der Waals surface area contributed by atoms with E-state index in [1.807, 2.05) is 12.4 Å². The summed E-state index contributed by atoms with van der Waals surface area (Å²) in [5.41, 5.74) is 10.8. The first-order valence-corrected chi connectivity index (χ1v) is 16.8. The van der Waals surface area contributed by atoms with Crippen molar-refractivity contribution in [1.29, 1.82) is 0 Å². The summed E-state index contributed by atoms with van der Waals surface area (Å²) in [6.07, 6.45) is 5.54. The van der Waals surface area contributed by atoms with Crippen LogP contribution in [0.2, 0.25) is 0 Å². The number of fused-ring (bicyclic) bond motifs is 13.